The Kier molecular flexibility index (Phi) is 10.5. The first-order chi connectivity index (χ1) is 17.8. The normalized spacial score (nSPS) is 17.7. The van der Waals surface area contributed by atoms with Gasteiger partial charge in [0.05, 0.1) is 40.1 Å². The minimum Gasteiger partial charge on any atom is -0.493 e. The van der Waals surface area contributed by atoms with Gasteiger partial charge in [-0.15, -0.1) is 0 Å². The Bertz CT molecular complexity index is 1170. The molecule has 0 aromatic heterocycles. The Morgan fingerprint density at radius 3 is 2.00 bits per heavy atom. The summed E-state index contributed by atoms with van der Waals surface area (Å²) in [6, 6.07) is 7.22. The van der Waals surface area contributed by atoms with Crippen molar-refractivity contribution in [3.05, 3.63) is 47.5 Å². The molecule has 2 atom stereocenters. The lowest BCUT2D eigenvalue weighted by Crippen LogP contribution is -2.09. The maximum atomic E-state index is 12.8. The number of rotatable bonds is 13. The van der Waals surface area contributed by atoms with Crippen LogP contribution in [0.2, 0.25) is 0 Å². The zero-order valence-corrected chi connectivity index (χ0v) is 24.3. The van der Waals surface area contributed by atoms with E-state index < -0.39 is 9.84 Å². The van der Waals surface area contributed by atoms with E-state index in [1.165, 1.54) is 6.26 Å². The predicted octanol–water partition coefficient (Wildman–Crippen LogP) is 5.83. The van der Waals surface area contributed by atoms with Gasteiger partial charge in [-0.3, -0.25) is 0 Å². The number of halogens is 1. The highest BCUT2D eigenvalue weighted by molar-refractivity contribution is 9.09. The molecule has 0 aliphatic carbocycles. The topological polar surface area (TPSA) is 89.5 Å². The Balaban J connectivity index is 1.97. The van der Waals surface area contributed by atoms with Gasteiger partial charge in [0.25, 0.3) is 0 Å². The zero-order chi connectivity index (χ0) is 27.0. The second-order valence-electron chi connectivity index (χ2n) is 8.55. The molecule has 1 saturated heterocycles. The molecular formula is C27H35BrO8S. The molecule has 1 aliphatic heterocycles. The largest absolute Gasteiger partial charge is 0.493 e. The molecule has 0 radical (unpaired) electrons. The number of allylic oxidation sites excluding steroid dienone is 1. The lowest BCUT2D eigenvalue weighted by Gasteiger charge is -2.20. The van der Waals surface area contributed by atoms with Crippen molar-refractivity contribution in [1.82, 2.24) is 0 Å². The molecule has 8 nitrogen and oxygen atoms in total. The summed E-state index contributed by atoms with van der Waals surface area (Å²) in [4.78, 5) is 0.0951. The van der Waals surface area contributed by atoms with E-state index in [0.717, 1.165) is 24.0 Å². The van der Waals surface area contributed by atoms with Crippen molar-refractivity contribution in [3.8, 4) is 28.7 Å². The van der Waals surface area contributed by atoms with Crippen LogP contribution in [0.4, 0.5) is 0 Å². The highest BCUT2D eigenvalue weighted by atomic mass is 79.9. The summed E-state index contributed by atoms with van der Waals surface area (Å²) in [5.74, 6) is 2.23. The highest BCUT2D eigenvalue weighted by Crippen LogP contribution is 2.48. The van der Waals surface area contributed by atoms with Crippen LogP contribution in [0.3, 0.4) is 0 Å². The molecule has 0 amide bonds. The number of sulfone groups is 1. The quantitative estimate of drug-likeness (QED) is 0.210. The fourth-order valence-corrected chi connectivity index (χ4v) is 5.31. The smallest absolute Gasteiger partial charge is 0.203 e. The standard InChI is InChI=1S/C27H35BrO8S/c1-6-12-35-27-24(34-13-8-7-11-28)16-19(17-25(27)37(5,29)30)21-10-9-20(36-21)18-14-22(31-2)26(33-4)23(15-18)32-3/h7-8,14-17,20-21H,6,9-13H2,1-5H3/b8-7+. The van der Waals surface area contributed by atoms with E-state index in [0.29, 0.717) is 41.4 Å². The maximum Gasteiger partial charge on any atom is 0.203 e. The van der Waals surface area contributed by atoms with E-state index in [1.54, 1.807) is 27.4 Å². The summed E-state index contributed by atoms with van der Waals surface area (Å²) < 4.78 is 60.2. The van der Waals surface area contributed by atoms with Crippen LogP contribution >= 0.6 is 15.9 Å². The van der Waals surface area contributed by atoms with Crippen molar-refractivity contribution in [1.29, 1.82) is 0 Å². The van der Waals surface area contributed by atoms with Crippen molar-refractivity contribution in [2.24, 2.45) is 0 Å². The summed E-state index contributed by atoms with van der Waals surface area (Å²) in [6.45, 7) is 2.61. The molecule has 1 heterocycles. The molecule has 0 saturated carbocycles. The molecule has 2 aromatic carbocycles. The van der Waals surface area contributed by atoms with E-state index in [4.69, 9.17) is 28.4 Å². The third-order valence-corrected chi connectivity index (χ3v) is 7.41. The first-order valence-electron chi connectivity index (χ1n) is 12.1. The van der Waals surface area contributed by atoms with E-state index in [1.807, 2.05) is 37.3 Å². The van der Waals surface area contributed by atoms with Crippen LogP contribution in [-0.2, 0) is 14.6 Å². The lowest BCUT2D eigenvalue weighted by molar-refractivity contribution is 0.0435. The van der Waals surface area contributed by atoms with Gasteiger partial charge >= 0.3 is 0 Å². The molecule has 10 heteroatoms. The highest BCUT2D eigenvalue weighted by Gasteiger charge is 2.32. The van der Waals surface area contributed by atoms with E-state index in [2.05, 4.69) is 15.9 Å². The van der Waals surface area contributed by atoms with Gasteiger partial charge in [0.15, 0.2) is 32.8 Å². The Morgan fingerprint density at radius 1 is 0.892 bits per heavy atom. The molecule has 3 rings (SSSR count). The van der Waals surface area contributed by atoms with Gasteiger partial charge in [-0.1, -0.05) is 35.0 Å². The zero-order valence-electron chi connectivity index (χ0n) is 21.9. The van der Waals surface area contributed by atoms with Crippen LogP contribution < -0.4 is 23.7 Å². The number of hydrogen-bond donors (Lipinski definition) is 0. The lowest BCUT2D eigenvalue weighted by atomic mass is 10.0. The van der Waals surface area contributed by atoms with Crippen molar-refractivity contribution in [3.63, 3.8) is 0 Å². The number of ether oxygens (including phenoxy) is 6. The van der Waals surface area contributed by atoms with E-state index in [-0.39, 0.29) is 29.5 Å². The van der Waals surface area contributed by atoms with Crippen LogP contribution in [0.1, 0.15) is 49.5 Å². The summed E-state index contributed by atoms with van der Waals surface area (Å²) in [5, 5.41) is 0.697. The third kappa shape index (κ3) is 7.12. The fraction of sp³-hybridized carbons (Fsp3) is 0.481. The first kappa shape index (κ1) is 29.1. The van der Waals surface area contributed by atoms with Gasteiger partial charge < -0.3 is 28.4 Å². The average Bonchev–Trinajstić information content (AvgIpc) is 3.38. The van der Waals surface area contributed by atoms with Crippen LogP contribution in [0.5, 0.6) is 28.7 Å². The molecule has 2 unspecified atom stereocenters. The summed E-state index contributed by atoms with van der Waals surface area (Å²) in [6.07, 6.45) is 6.54. The number of benzene rings is 2. The van der Waals surface area contributed by atoms with Crippen molar-refractivity contribution in [2.45, 2.75) is 43.3 Å². The van der Waals surface area contributed by atoms with Crippen LogP contribution in [0.15, 0.2) is 41.3 Å². The second-order valence-corrected chi connectivity index (χ2v) is 11.2. The SMILES string of the molecule is CCCOc1c(OC/C=C/CBr)cc(C2CCC(c3cc(OC)c(OC)c(OC)c3)O2)cc1S(C)(=O)=O. The monoisotopic (exact) mass is 598 g/mol. The Morgan fingerprint density at radius 2 is 1.49 bits per heavy atom. The summed E-state index contributed by atoms with van der Waals surface area (Å²) in [5.41, 5.74) is 1.61. The van der Waals surface area contributed by atoms with Gasteiger partial charge in [0.1, 0.15) is 11.5 Å². The minimum atomic E-state index is -3.60. The molecule has 1 fully saturated rings. The molecular weight excluding hydrogens is 564 g/mol. The number of hydrogen-bond acceptors (Lipinski definition) is 8. The Hall–Kier alpha value is -2.43. The predicted molar refractivity (Wildman–Crippen MR) is 146 cm³/mol. The molecule has 204 valence electrons. The maximum absolute atomic E-state index is 12.8. The van der Waals surface area contributed by atoms with Crippen molar-refractivity contribution in [2.75, 3.05) is 46.1 Å². The molecule has 37 heavy (non-hydrogen) atoms. The van der Waals surface area contributed by atoms with Crippen molar-refractivity contribution < 1.29 is 36.8 Å². The second kappa shape index (κ2) is 13.4. The molecule has 2 aromatic rings. The van der Waals surface area contributed by atoms with Crippen LogP contribution in [0, 0.1) is 0 Å². The van der Waals surface area contributed by atoms with Gasteiger partial charge in [-0.2, -0.15) is 0 Å². The minimum absolute atomic E-state index is 0.0951. The fourth-order valence-electron chi connectivity index (χ4n) is 4.20. The number of methoxy groups -OCH3 is 3. The molecule has 0 bridgehead atoms. The van der Waals surface area contributed by atoms with E-state index in [9.17, 15) is 8.42 Å². The van der Waals surface area contributed by atoms with Crippen LogP contribution in [-0.4, -0.2) is 54.5 Å². The van der Waals surface area contributed by atoms with E-state index >= 15 is 0 Å². The van der Waals surface area contributed by atoms with Gasteiger partial charge in [-0.25, -0.2) is 8.42 Å². The first-order valence-corrected chi connectivity index (χ1v) is 15.1. The average molecular weight is 600 g/mol. The van der Waals surface area contributed by atoms with Gasteiger partial charge in [-0.05, 0) is 54.7 Å². The van der Waals surface area contributed by atoms with Gasteiger partial charge in [0.2, 0.25) is 5.75 Å². The van der Waals surface area contributed by atoms with Crippen molar-refractivity contribution >= 4 is 25.8 Å². The molecule has 1 aliphatic rings. The summed E-state index contributed by atoms with van der Waals surface area (Å²) >= 11 is 3.34. The Labute approximate surface area is 227 Å². The third-order valence-electron chi connectivity index (χ3n) is 5.93. The van der Waals surface area contributed by atoms with Gasteiger partial charge in [0, 0.05) is 11.6 Å². The summed E-state index contributed by atoms with van der Waals surface area (Å²) in [7, 11) is 1.11. The molecule has 0 spiro atoms. The molecule has 0 N–H and O–H groups in total. The van der Waals surface area contributed by atoms with Crippen LogP contribution in [0.25, 0.3) is 0 Å². The number of alkyl halides is 1.